The Morgan fingerprint density at radius 2 is 2.12 bits per heavy atom. The van der Waals surface area contributed by atoms with E-state index in [1.807, 2.05) is 40.9 Å². The number of carbonyl (C=O) groups is 1. The van der Waals surface area contributed by atoms with Crippen molar-refractivity contribution in [2.45, 2.75) is 6.92 Å². The van der Waals surface area contributed by atoms with Crippen molar-refractivity contribution >= 4 is 39.9 Å². The number of carbonyl (C=O) groups excluding carboxylic acids is 1. The molecule has 0 spiro atoms. The zero-order valence-electron chi connectivity index (χ0n) is 14.2. The fourth-order valence-electron chi connectivity index (χ4n) is 3.08. The molecule has 0 saturated heterocycles. The van der Waals surface area contributed by atoms with Gasteiger partial charge >= 0.3 is 5.97 Å². The molecule has 0 aliphatic rings. The van der Waals surface area contributed by atoms with Crippen molar-refractivity contribution in [3.05, 3.63) is 53.8 Å². The third kappa shape index (κ3) is 2.88. The number of rotatable bonds is 5. The highest BCUT2D eigenvalue weighted by Crippen LogP contribution is 2.31. The Hall–Kier alpha value is -2.99. The number of aromatic nitrogens is 3. The van der Waals surface area contributed by atoms with Gasteiger partial charge in [-0.15, -0.1) is 0 Å². The predicted molar refractivity (Wildman–Crippen MR) is 101 cm³/mol. The van der Waals surface area contributed by atoms with E-state index in [1.165, 1.54) is 0 Å². The highest BCUT2D eigenvalue weighted by atomic mass is 35.5. The molecule has 0 saturated carbocycles. The molecule has 0 atom stereocenters. The Kier molecular flexibility index (Phi) is 4.26. The van der Waals surface area contributed by atoms with Gasteiger partial charge in [0.05, 0.1) is 17.8 Å². The van der Waals surface area contributed by atoms with Crippen LogP contribution in [0, 0.1) is 0 Å². The van der Waals surface area contributed by atoms with E-state index in [0.717, 1.165) is 33.6 Å². The van der Waals surface area contributed by atoms with Crippen LogP contribution in [0.25, 0.3) is 27.8 Å². The van der Waals surface area contributed by atoms with Crippen LogP contribution < -0.4 is 9.72 Å². The van der Waals surface area contributed by atoms with Gasteiger partial charge in [0.15, 0.2) is 12.2 Å². The van der Waals surface area contributed by atoms with E-state index in [1.54, 1.807) is 13.1 Å². The van der Waals surface area contributed by atoms with Gasteiger partial charge in [-0.1, -0.05) is 29.8 Å². The SMILES string of the molecule is CCOC(=O)CNc1c(-c2c[nH]c3ccccc23)[nH]c2ccc(Cl)c[n+]12. The van der Waals surface area contributed by atoms with E-state index < -0.39 is 0 Å². The number of H-pyrrole nitrogens is 2. The Morgan fingerprint density at radius 1 is 1.27 bits per heavy atom. The fourth-order valence-corrected chi connectivity index (χ4v) is 3.24. The van der Waals surface area contributed by atoms with Gasteiger partial charge in [0, 0.05) is 28.7 Å². The largest absolute Gasteiger partial charge is 0.464 e. The van der Waals surface area contributed by atoms with Gasteiger partial charge in [-0.3, -0.25) is 10.3 Å². The van der Waals surface area contributed by atoms with Gasteiger partial charge in [-0.2, -0.15) is 0 Å². The van der Waals surface area contributed by atoms with E-state index in [4.69, 9.17) is 16.3 Å². The lowest BCUT2D eigenvalue weighted by atomic mass is 10.1. The summed E-state index contributed by atoms with van der Waals surface area (Å²) in [7, 11) is 0. The van der Waals surface area contributed by atoms with Crippen molar-refractivity contribution in [3.8, 4) is 11.3 Å². The highest BCUT2D eigenvalue weighted by Gasteiger charge is 2.23. The Balaban J connectivity index is 1.85. The molecule has 0 amide bonds. The first-order valence-electron chi connectivity index (χ1n) is 8.36. The van der Waals surface area contributed by atoms with E-state index in [-0.39, 0.29) is 12.5 Å². The van der Waals surface area contributed by atoms with Crippen LogP contribution in [0.15, 0.2) is 48.8 Å². The lowest BCUT2D eigenvalue weighted by Gasteiger charge is -2.03. The average molecular weight is 370 g/mol. The normalized spacial score (nSPS) is 11.2. The molecule has 0 aliphatic carbocycles. The number of fused-ring (bicyclic) bond motifs is 2. The summed E-state index contributed by atoms with van der Waals surface area (Å²) >= 11 is 6.17. The van der Waals surface area contributed by atoms with Crippen molar-refractivity contribution in [2.24, 2.45) is 0 Å². The molecule has 0 radical (unpaired) electrons. The molecule has 0 aliphatic heterocycles. The lowest BCUT2D eigenvalue weighted by Crippen LogP contribution is -2.27. The smallest absolute Gasteiger partial charge is 0.340 e. The fraction of sp³-hybridized carbons (Fsp3) is 0.158. The number of hydrogen-bond acceptors (Lipinski definition) is 3. The monoisotopic (exact) mass is 369 g/mol. The van der Waals surface area contributed by atoms with E-state index in [9.17, 15) is 4.79 Å². The molecule has 0 bridgehead atoms. The lowest BCUT2D eigenvalue weighted by molar-refractivity contribution is -0.494. The van der Waals surface area contributed by atoms with Crippen molar-refractivity contribution in [3.63, 3.8) is 0 Å². The van der Waals surface area contributed by atoms with Gasteiger partial charge in [0.1, 0.15) is 0 Å². The number of hydrogen-bond donors (Lipinski definition) is 3. The van der Waals surface area contributed by atoms with Crippen LogP contribution in [0.4, 0.5) is 5.82 Å². The third-order valence-corrected chi connectivity index (χ3v) is 4.43. The molecular formula is C19H18ClN4O2+. The van der Waals surface area contributed by atoms with Gasteiger partial charge in [0.25, 0.3) is 5.82 Å². The summed E-state index contributed by atoms with van der Waals surface area (Å²) in [6, 6.07) is 11.8. The summed E-state index contributed by atoms with van der Waals surface area (Å²) in [5.41, 5.74) is 3.78. The molecule has 4 rings (SSSR count). The summed E-state index contributed by atoms with van der Waals surface area (Å²) in [6.45, 7) is 2.20. The molecule has 7 heteroatoms. The molecule has 3 aromatic heterocycles. The van der Waals surface area contributed by atoms with Crippen LogP contribution in [0.2, 0.25) is 5.02 Å². The first kappa shape index (κ1) is 16.5. The molecule has 132 valence electrons. The van der Waals surface area contributed by atoms with Crippen LogP contribution in [0.1, 0.15) is 6.92 Å². The topological polar surface area (TPSA) is 74.0 Å². The van der Waals surface area contributed by atoms with Crippen LogP contribution in [-0.2, 0) is 9.53 Å². The summed E-state index contributed by atoms with van der Waals surface area (Å²) in [6.07, 6.45) is 3.76. The second-order valence-corrected chi connectivity index (χ2v) is 6.29. The van der Waals surface area contributed by atoms with Crippen LogP contribution >= 0.6 is 11.6 Å². The molecule has 0 fully saturated rings. The number of pyridine rings is 1. The molecular weight excluding hydrogens is 352 g/mol. The summed E-state index contributed by atoms with van der Waals surface area (Å²) in [4.78, 5) is 18.5. The maximum absolute atomic E-state index is 11.8. The molecule has 3 heterocycles. The molecule has 1 aromatic carbocycles. The maximum Gasteiger partial charge on any atom is 0.340 e. The minimum absolute atomic E-state index is 0.0651. The number of esters is 1. The third-order valence-electron chi connectivity index (χ3n) is 4.21. The average Bonchev–Trinajstić information content (AvgIpc) is 3.21. The Morgan fingerprint density at radius 3 is 2.96 bits per heavy atom. The number of halogens is 1. The number of nitrogens with one attached hydrogen (secondary N) is 3. The standard InChI is InChI=1S/C19H17ClN4O2/c1-2-26-17(25)10-22-19-18(23-16-8-7-12(20)11-24(16)19)14-9-21-15-6-4-3-5-13(14)15/h3-9,11,21-22H,2,10H2,1H3/p+1. The van der Waals surface area contributed by atoms with Crippen molar-refractivity contribution < 1.29 is 13.9 Å². The summed E-state index contributed by atoms with van der Waals surface area (Å²) in [5.74, 6) is 0.440. The quantitative estimate of drug-likeness (QED) is 0.372. The number of nitrogens with zero attached hydrogens (tertiary/aromatic N) is 1. The Bertz CT molecular complexity index is 1100. The number of imidazole rings is 1. The molecule has 3 N–H and O–H groups in total. The van der Waals surface area contributed by atoms with Crippen LogP contribution in [-0.4, -0.2) is 29.1 Å². The van der Waals surface area contributed by atoms with E-state index in [0.29, 0.717) is 11.6 Å². The van der Waals surface area contributed by atoms with Crippen LogP contribution in [0.3, 0.4) is 0 Å². The van der Waals surface area contributed by atoms with Gasteiger partial charge in [-0.05, 0) is 19.1 Å². The summed E-state index contributed by atoms with van der Waals surface area (Å²) < 4.78 is 6.93. The highest BCUT2D eigenvalue weighted by molar-refractivity contribution is 6.30. The second-order valence-electron chi connectivity index (χ2n) is 5.86. The number of aromatic amines is 2. The number of ether oxygens (including phenoxy) is 1. The van der Waals surface area contributed by atoms with Crippen molar-refractivity contribution in [1.29, 1.82) is 0 Å². The number of benzene rings is 1. The summed E-state index contributed by atoms with van der Waals surface area (Å²) in [5, 5.41) is 4.88. The Labute approximate surface area is 154 Å². The zero-order chi connectivity index (χ0) is 18.1. The van der Waals surface area contributed by atoms with E-state index in [2.05, 4.69) is 21.4 Å². The van der Waals surface area contributed by atoms with Gasteiger partial charge < -0.3 is 9.72 Å². The van der Waals surface area contributed by atoms with Gasteiger partial charge in [0.2, 0.25) is 5.65 Å². The van der Waals surface area contributed by atoms with Crippen molar-refractivity contribution in [1.82, 2.24) is 9.97 Å². The number of para-hydroxylation sites is 1. The zero-order valence-corrected chi connectivity index (χ0v) is 14.9. The first-order chi connectivity index (χ1) is 12.7. The predicted octanol–water partition coefficient (Wildman–Crippen LogP) is 3.53. The van der Waals surface area contributed by atoms with E-state index >= 15 is 0 Å². The molecule has 4 aromatic rings. The maximum atomic E-state index is 11.8. The molecule has 26 heavy (non-hydrogen) atoms. The minimum atomic E-state index is -0.311. The first-order valence-corrected chi connectivity index (χ1v) is 8.74. The van der Waals surface area contributed by atoms with Gasteiger partial charge in [-0.25, -0.2) is 9.20 Å². The molecule has 0 unspecified atom stereocenters. The van der Waals surface area contributed by atoms with Crippen molar-refractivity contribution in [2.75, 3.05) is 18.5 Å². The minimum Gasteiger partial charge on any atom is -0.464 e. The second kappa shape index (κ2) is 6.72. The van der Waals surface area contributed by atoms with Crippen LogP contribution in [0.5, 0.6) is 0 Å². The molecule has 6 nitrogen and oxygen atoms in total. The number of anilines is 1.